The number of fused-ring (bicyclic) bond motifs is 1. The minimum Gasteiger partial charge on any atom is -0.369 e. The molecule has 2 aliphatic heterocycles. The number of nitrogens with zero attached hydrogens (tertiary/aromatic N) is 4. The Labute approximate surface area is 135 Å². The fraction of sp³-hybridized carbons (Fsp3) is 0.625. The monoisotopic (exact) mass is 317 g/mol. The molecule has 5 nitrogen and oxygen atoms in total. The molecule has 1 N–H and O–H groups in total. The first-order valence-electron chi connectivity index (χ1n) is 8.31. The fourth-order valence-electron chi connectivity index (χ4n) is 3.30. The molecule has 0 aromatic carbocycles. The number of anilines is 1. The van der Waals surface area contributed by atoms with Crippen LogP contribution in [-0.4, -0.2) is 51.8 Å². The molecule has 2 aromatic rings. The average Bonchev–Trinajstić information content (AvgIpc) is 2.98. The van der Waals surface area contributed by atoms with Gasteiger partial charge in [0.15, 0.2) is 11.5 Å². The van der Waals surface area contributed by atoms with Crippen LogP contribution in [0.5, 0.6) is 0 Å². The minimum absolute atomic E-state index is 0.707. The van der Waals surface area contributed by atoms with Crippen LogP contribution in [0, 0.1) is 0 Å². The quantitative estimate of drug-likeness (QED) is 0.938. The zero-order valence-corrected chi connectivity index (χ0v) is 13.7. The van der Waals surface area contributed by atoms with Crippen molar-refractivity contribution in [3.8, 4) is 0 Å². The Morgan fingerprint density at radius 1 is 1.27 bits per heavy atom. The number of pyridine rings is 1. The molecule has 0 bridgehead atoms. The molecule has 4 heterocycles. The summed E-state index contributed by atoms with van der Waals surface area (Å²) in [5, 5.41) is 8.76. The molecule has 0 spiro atoms. The van der Waals surface area contributed by atoms with Crippen molar-refractivity contribution < 1.29 is 0 Å². The number of nitrogens with one attached hydrogen (secondary N) is 1. The van der Waals surface area contributed by atoms with E-state index in [0.717, 1.165) is 44.1 Å². The largest absolute Gasteiger partial charge is 0.369 e. The lowest BCUT2D eigenvalue weighted by atomic mass is 10.1. The summed E-state index contributed by atoms with van der Waals surface area (Å²) >= 11 is 2.09. The second-order valence-electron chi connectivity index (χ2n) is 6.15. The number of hydrogen-bond acceptors (Lipinski definition) is 5. The summed E-state index contributed by atoms with van der Waals surface area (Å²) in [7, 11) is 0. The predicted molar refractivity (Wildman–Crippen MR) is 91.9 cm³/mol. The van der Waals surface area contributed by atoms with Gasteiger partial charge >= 0.3 is 0 Å². The average molecular weight is 317 g/mol. The highest BCUT2D eigenvalue weighted by Crippen LogP contribution is 2.27. The van der Waals surface area contributed by atoms with E-state index in [0.29, 0.717) is 5.25 Å². The summed E-state index contributed by atoms with van der Waals surface area (Å²) in [6.07, 6.45) is 7.10. The van der Waals surface area contributed by atoms with Crippen molar-refractivity contribution in [1.29, 1.82) is 0 Å². The molecule has 0 radical (unpaired) electrons. The summed E-state index contributed by atoms with van der Waals surface area (Å²) in [5.41, 5.74) is 2.24. The van der Waals surface area contributed by atoms with Crippen molar-refractivity contribution in [2.24, 2.45) is 0 Å². The van der Waals surface area contributed by atoms with Gasteiger partial charge in [-0.15, -0.1) is 0 Å². The van der Waals surface area contributed by atoms with Crippen LogP contribution in [-0.2, 0) is 6.42 Å². The Balaban J connectivity index is 1.52. The van der Waals surface area contributed by atoms with Gasteiger partial charge in [-0.25, -0.2) is 9.50 Å². The molecule has 2 saturated heterocycles. The van der Waals surface area contributed by atoms with Crippen molar-refractivity contribution in [2.45, 2.75) is 30.9 Å². The predicted octanol–water partition coefficient (Wildman–Crippen LogP) is 1.97. The zero-order valence-electron chi connectivity index (χ0n) is 12.9. The minimum atomic E-state index is 0.707. The third kappa shape index (κ3) is 3.08. The number of aromatic nitrogens is 3. The van der Waals surface area contributed by atoms with E-state index in [4.69, 9.17) is 4.98 Å². The van der Waals surface area contributed by atoms with Crippen molar-refractivity contribution in [3.63, 3.8) is 0 Å². The molecule has 118 valence electrons. The van der Waals surface area contributed by atoms with Gasteiger partial charge in [0, 0.05) is 55.8 Å². The maximum Gasteiger partial charge on any atom is 0.157 e. The van der Waals surface area contributed by atoms with Gasteiger partial charge in [0.25, 0.3) is 0 Å². The lowest BCUT2D eigenvalue weighted by Crippen LogP contribution is -2.43. The first-order chi connectivity index (χ1) is 10.9. The summed E-state index contributed by atoms with van der Waals surface area (Å²) in [4.78, 5) is 7.18. The van der Waals surface area contributed by atoms with Crippen LogP contribution in [0.1, 0.15) is 25.1 Å². The van der Waals surface area contributed by atoms with Crippen LogP contribution in [0.2, 0.25) is 0 Å². The molecule has 1 atom stereocenters. The summed E-state index contributed by atoms with van der Waals surface area (Å²) in [6, 6.07) is 4.34. The molecular weight excluding hydrogens is 294 g/mol. The van der Waals surface area contributed by atoms with Crippen LogP contribution in [0.15, 0.2) is 18.3 Å². The number of thioether (sulfide) groups is 1. The Kier molecular flexibility index (Phi) is 4.21. The van der Waals surface area contributed by atoms with Crippen LogP contribution in [0.3, 0.4) is 0 Å². The fourth-order valence-corrected chi connectivity index (χ4v) is 4.60. The Bertz CT molecular complexity index is 628. The second kappa shape index (κ2) is 6.46. The molecule has 0 aliphatic carbocycles. The number of rotatable bonds is 3. The second-order valence-corrected chi connectivity index (χ2v) is 7.55. The Hall–Kier alpha value is -1.27. The number of hydrogen-bond donors (Lipinski definition) is 1. The molecule has 2 aromatic heterocycles. The highest BCUT2D eigenvalue weighted by molar-refractivity contribution is 7.99. The van der Waals surface area contributed by atoms with E-state index in [-0.39, 0.29) is 0 Å². The maximum absolute atomic E-state index is 4.76. The van der Waals surface area contributed by atoms with Gasteiger partial charge < -0.3 is 10.2 Å². The smallest absolute Gasteiger partial charge is 0.157 e. The standard InChI is InChI=1S/C16H23N5S/c1-2-10-22-14(3-1)12-15-18-16-11-13(4-7-21(16)19-15)20-8-5-17-6-9-20/h4,7,11,14,17H,1-3,5-6,8-10,12H2. The third-order valence-electron chi connectivity index (χ3n) is 4.53. The van der Waals surface area contributed by atoms with Crippen molar-refractivity contribution in [2.75, 3.05) is 36.8 Å². The molecule has 0 saturated carbocycles. The molecule has 22 heavy (non-hydrogen) atoms. The first-order valence-corrected chi connectivity index (χ1v) is 9.36. The third-order valence-corrected chi connectivity index (χ3v) is 5.93. The Morgan fingerprint density at radius 2 is 2.18 bits per heavy atom. The van der Waals surface area contributed by atoms with Crippen LogP contribution in [0.25, 0.3) is 5.65 Å². The SMILES string of the molecule is c1cn2nc(CC3CCCCS3)nc2cc1N1CCNCC1. The maximum atomic E-state index is 4.76. The van der Waals surface area contributed by atoms with E-state index in [1.54, 1.807) is 0 Å². The first kappa shape index (κ1) is 14.3. The van der Waals surface area contributed by atoms with Crippen molar-refractivity contribution in [1.82, 2.24) is 19.9 Å². The highest BCUT2D eigenvalue weighted by Gasteiger charge is 2.17. The molecule has 2 fully saturated rings. The van der Waals surface area contributed by atoms with Gasteiger partial charge in [-0.3, -0.25) is 0 Å². The normalized spacial score (nSPS) is 23.1. The van der Waals surface area contributed by atoms with E-state index in [2.05, 4.69) is 45.4 Å². The van der Waals surface area contributed by atoms with Crippen LogP contribution < -0.4 is 10.2 Å². The van der Waals surface area contributed by atoms with Gasteiger partial charge in [-0.05, 0) is 24.7 Å². The Morgan fingerprint density at radius 3 is 3.00 bits per heavy atom. The van der Waals surface area contributed by atoms with Gasteiger partial charge in [-0.2, -0.15) is 16.9 Å². The molecule has 4 rings (SSSR count). The molecule has 0 amide bonds. The van der Waals surface area contributed by atoms with Gasteiger partial charge in [0.05, 0.1) is 0 Å². The summed E-state index contributed by atoms with van der Waals surface area (Å²) in [5.74, 6) is 2.29. The molecule has 2 aliphatic rings. The summed E-state index contributed by atoms with van der Waals surface area (Å²) in [6.45, 7) is 4.25. The van der Waals surface area contributed by atoms with E-state index < -0.39 is 0 Å². The lowest BCUT2D eigenvalue weighted by Gasteiger charge is -2.29. The number of piperazine rings is 1. The molecule has 1 unspecified atom stereocenters. The van der Waals surface area contributed by atoms with Gasteiger partial charge in [0.2, 0.25) is 0 Å². The molecular formula is C16H23N5S. The zero-order chi connectivity index (χ0) is 14.8. The lowest BCUT2D eigenvalue weighted by molar-refractivity contribution is 0.589. The topological polar surface area (TPSA) is 45.5 Å². The van der Waals surface area contributed by atoms with Crippen LogP contribution in [0.4, 0.5) is 5.69 Å². The van der Waals surface area contributed by atoms with Crippen molar-refractivity contribution in [3.05, 3.63) is 24.2 Å². The van der Waals surface area contributed by atoms with Crippen LogP contribution >= 0.6 is 11.8 Å². The highest BCUT2D eigenvalue weighted by atomic mass is 32.2. The van der Waals surface area contributed by atoms with Gasteiger partial charge in [-0.1, -0.05) is 6.42 Å². The van der Waals surface area contributed by atoms with Gasteiger partial charge in [0.1, 0.15) is 0 Å². The van der Waals surface area contributed by atoms with E-state index in [9.17, 15) is 0 Å². The van der Waals surface area contributed by atoms with E-state index in [1.807, 2.05) is 4.52 Å². The van der Waals surface area contributed by atoms with E-state index in [1.165, 1.54) is 30.7 Å². The van der Waals surface area contributed by atoms with Crippen molar-refractivity contribution >= 4 is 23.1 Å². The van der Waals surface area contributed by atoms with E-state index >= 15 is 0 Å². The molecule has 6 heteroatoms. The summed E-state index contributed by atoms with van der Waals surface area (Å²) < 4.78 is 1.93.